The summed E-state index contributed by atoms with van der Waals surface area (Å²) in [6.07, 6.45) is 2.70. The van der Waals surface area contributed by atoms with Gasteiger partial charge in [-0.2, -0.15) is 0 Å². The van der Waals surface area contributed by atoms with Crippen LogP contribution in [0, 0.1) is 0 Å². The first-order chi connectivity index (χ1) is 8.10. The molecule has 1 aromatic rings. The molecule has 0 aliphatic carbocycles. The predicted octanol–water partition coefficient (Wildman–Crippen LogP) is 1.97. The van der Waals surface area contributed by atoms with Crippen LogP contribution in [0.4, 0.5) is 5.69 Å². The smallest absolute Gasteiger partial charge is 0.240 e. The van der Waals surface area contributed by atoms with Crippen LogP contribution in [0.5, 0.6) is 0 Å². The summed E-state index contributed by atoms with van der Waals surface area (Å²) >= 11 is 0. The first-order valence-electron chi connectivity index (χ1n) is 5.54. The quantitative estimate of drug-likeness (QED) is 0.578. The van der Waals surface area contributed by atoms with Gasteiger partial charge in [0.05, 0.1) is 4.90 Å². The van der Waals surface area contributed by atoms with Crippen molar-refractivity contribution >= 4 is 15.7 Å². The lowest BCUT2D eigenvalue weighted by Gasteiger charge is -2.07. The van der Waals surface area contributed by atoms with Crippen molar-refractivity contribution < 1.29 is 8.42 Å². The van der Waals surface area contributed by atoms with E-state index in [0.29, 0.717) is 6.54 Å². The molecule has 5 heteroatoms. The lowest BCUT2D eigenvalue weighted by Crippen LogP contribution is -2.23. The second kappa shape index (κ2) is 6.42. The van der Waals surface area contributed by atoms with Crippen LogP contribution in [0.1, 0.15) is 13.3 Å². The molecule has 0 atom stereocenters. The topological polar surface area (TPSA) is 58.2 Å². The van der Waals surface area contributed by atoms with E-state index < -0.39 is 10.0 Å². The minimum atomic E-state index is -3.35. The fraction of sp³-hybridized carbons (Fsp3) is 0.333. The van der Waals surface area contributed by atoms with Gasteiger partial charge in [-0.3, -0.25) is 0 Å². The molecule has 1 aromatic carbocycles. The normalized spacial score (nSPS) is 11.1. The third kappa shape index (κ3) is 4.20. The van der Waals surface area contributed by atoms with E-state index in [9.17, 15) is 8.42 Å². The van der Waals surface area contributed by atoms with Crippen molar-refractivity contribution in [3.63, 3.8) is 0 Å². The van der Waals surface area contributed by atoms with Crippen molar-refractivity contribution in [2.75, 3.05) is 18.4 Å². The Bertz CT molecular complexity index is 452. The molecule has 0 amide bonds. The second-order valence-electron chi connectivity index (χ2n) is 3.53. The summed E-state index contributed by atoms with van der Waals surface area (Å²) in [5, 5.41) is 3.17. The van der Waals surface area contributed by atoms with Crippen molar-refractivity contribution in [1.29, 1.82) is 0 Å². The highest BCUT2D eigenvalue weighted by molar-refractivity contribution is 7.89. The molecule has 0 saturated heterocycles. The fourth-order valence-electron chi connectivity index (χ4n) is 1.34. The Hall–Kier alpha value is -1.33. The molecule has 4 nitrogen and oxygen atoms in total. The first-order valence-corrected chi connectivity index (χ1v) is 7.03. The third-order valence-corrected chi connectivity index (χ3v) is 3.74. The van der Waals surface area contributed by atoms with Crippen LogP contribution in [-0.4, -0.2) is 21.5 Å². The molecule has 17 heavy (non-hydrogen) atoms. The standard InChI is InChI=1S/C12H18N2O2S/c1-3-5-10-13-11-6-8-12(9-7-11)17(15,16)14-4-2/h3,6-9,13-14H,1,4-5,10H2,2H3. The van der Waals surface area contributed by atoms with Gasteiger partial charge in [-0.25, -0.2) is 13.1 Å². The Morgan fingerprint density at radius 3 is 2.47 bits per heavy atom. The van der Waals surface area contributed by atoms with E-state index in [1.165, 1.54) is 0 Å². The number of hydrogen-bond acceptors (Lipinski definition) is 3. The lowest BCUT2D eigenvalue weighted by molar-refractivity contribution is 0.584. The van der Waals surface area contributed by atoms with E-state index in [2.05, 4.69) is 16.6 Å². The molecule has 0 spiro atoms. The summed E-state index contributed by atoms with van der Waals surface area (Å²) < 4.78 is 25.8. The highest BCUT2D eigenvalue weighted by Crippen LogP contribution is 2.13. The SMILES string of the molecule is C=CCCNc1ccc(S(=O)(=O)NCC)cc1. The average molecular weight is 254 g/mol. The Kier molecular flexibility index (Phi) is 5.18. The summed E-state index contributed by atoms with van der Waals surface area (Å²) in [7, 11) is -3.35. The van der Waals surface area contributed by atoms with Gasteiger partial charge in [0, 0.05) is 18.8 Å². The molecule has 94 valence electrons. The zero-order chi connectivity index (χ0) is 12.7. The van der Waals surface area contributed by atoms with E-state index in [-0.39, 0.29) is 4.90 Å². The van der Waals surface area contributed by atoms with Gasteiger partial charge in [-0.05, 0) is 30.7 Å². The zero-order valence-electron chi connectivity index (χ0n) is 9.94. The maximum absolute atomic E-state index is 11.7. The molecule has 0 saturated carbocycles. The molecular weight excluding hydrogens is 236 g/mol. The van der Waals surface area contributed by atoms with Crippen molar-refractivity contribution in [3.8, 4) is 0 Å². The van der Waals surface area contributed by atoms with Crippen molar-refractivity contribution in [3.05, 3.63) is 36.9 Å². The van der Waals surface area contributed by atoms with Crippen LogP contribution in [-0.2, 0) is 10.0 Å². The molecule has 0 radical (unpaired) electrons. The number of hydrogen-bond donors (Lipinski definition) is 2. The minimum absolute atomic E-state index is 0.286. The molecule has 0 aliphatic rings. The molecule has 2 N–H and O–H groups in total. The second-order valence-corrected chi connectivity index (χ2v) is 5.30. The van der Waals surface area contributed by atoms with Gasteiger partial charge in [0.1, 0.15) is 0 Å². The molecular formula is C12H18N2O2S. The first kappa shape index (κ1) is 13.7. The third-order valence-electron chi connectivity index (χ3n) is 2.18. The summed E-state index contributed by atoms with van der Waals surface area (Å²) in [6, 6.07) is 6.70. The number of sulfonamides is 1. The number of nitrogens with one attached hydrogen (secondary N) is 2. The predicted molar refractivity (Wildman–Crippen MR) is 70.6 cm³/mol. The van der Waals surface area contributed by atoms with Gasteiger partial charge in [0.2, 0.25) is 10.0 Å². The highest BCUT2D eigenvalue weighted by Gasteiger charge is 2.11. The number of benzene rings is 1. The minimum Gasteiger partial charge on any atom is -0.385 e. The van der Waals surface area contributed by atoms with E-state index in [1.54, 1.807) is 31.2 Å². The van der Waals surface area contributed by atoms with Crippen LogP contribution in [0.15, 0.2) is 41.8 Å². The van der Waals surface area contributed by atoms with Gasteiger partial charge in [0.25, 0.3) is 0 Å². The fourth-order valence-corrected chi connectivity index (χ4v) is 2.38. The maximum atomic E-state index is 11.7. The van der Waals surface area contributed by atoms with E-state index in [1.807, 2.05) is 6.08 Å². The highest BCUT2D eigenvalue weighted by atomic mass is 32.2. The molecule has 0 aromatic heterocycles. The average Bonchev–Trinajstić information content (AvgIpc) is 2.30. The zero-order valence-corrected chi connectivity index (χ0v) is 10.8. The Morgan fingerprint density at radius 2 is 1.94 bits per heavy atom. The van der Waals surface area contributed by atoms with Crippen LogP contribution >= 0.6 is 0 Å². The van der Waals surface area contributed by atoms with E-state index in [4.69, 9.17) is 0 Å². The molecule has 1 rings (SSSR count). The lowest BCUT2D eigenvalue weighted by atomic mass is 10.3. The van der Waals surface area contributed by atoms with Gasteiger partial charge >= 0.3 is 0 Å². The summed E-state index contributed by atoms with van der Waals surface area (Å²) in [6.45, 7) is 6.57. The molecule has 0 unspecified atom stereocenters. The number of rotatable bonds is 7. The van der Waals surface area contributed by atoms with Gasteiger partial charge in [-0.15, -0.1) is 6.58 Å². The van der Waals surface area contributed by atoms with Crippen molar-refractivity contribution in [1.82, 2.24) is 4.72 Å². The molecule has 0 fully saturated rings. The van der Waals surface area contributed by atoms with E-state index in [0.717, 1.165) is 18.7 Å². The Labute approximate surface area is 103 Å². The molecule has 0 aliphatic heterocycles. The maximum Gasteiger partial charge on any atom is 0.240 e. The monoisotopic (exact) mass is 254 g/mol. The molecule has 0 bridgehead atoms. The molecule has 0 heterocycles. The van der Waals surface area contributed by atoms with Gasteiger partial charge in [0.15, 0.2) is 0 Å². The summed E-state index contributed by atoms with van der Waals surface area (Å²) in [4.78, 5) is 0.286. The van der Waals surface area contributed by atoms with Crippen LogP contribution in [0.3, 0.4) is 0 Å². The summed E-state index contributed by atoms with van der Waals surface area (Å²) in [5.74, 6) is 0. The Balaban J connectivity index is 2.71. The van der Waals surface area contributed by atoms with Gasteiger partial charge < -0.3 is 5.32 Å². The number of anilines is 1. The summed E-state index contributed by atoms with van der Waals surface area (Å²) in [5.41, 5.74) is 0.905. The van der Waals surface area contributed by atoms with Crippen molar-refractivity contribution in [2.24, 2.45) is 0 Å². The van der Waals surface area contributed by atoms with E-state index >= 15 is 0 Å². The van der Waals surface area contributed by atoms with Crippen LogP contribution in [0.25, 0.3) is 0 Å². The van der Waals surface area contributed by atoms with Crippen LogP contribution < -0.4 is 10.0 Å². The Morgan fingerprint density at radius 1 is 1.29 bits per heavy atom. The largest absolute Gasteiger partial charge is 0.385 e. The van der Waals surface area contributed by atoms with Crippen LogP contribution in [0.2, 0.25) is 0 Å². The van der Waals surface area contributed by atoms with Crippen molar-refractivity contribution in [2.45, 2.75) is 18.2 Å². The van der Waals surface area contributed by atoms with Gasteiger partial charge in [-0.1, -0.05) is 13.0 Å².